The Bertz CT molecular complexity index is 663. The normalized spacial score (nSPS) is 18.0. The molecule has 1 heterocycles. The van der Waals surface area contributed by atoms with Crippen LogP contribution in [0, 0.1) is 5.92 Å². The zero-order chi connectivity index (χ0) is 18.9. The fourth-order valence-corrected chi connectivity index (χ4v) is 3.44. The number of nitrogens with two attached hydrogens (primary N) is 1. The van der Waals surface area contributed by atoms with Crippen molar-refractivity contribution in [3.8, 4) is 5.75 Å². The maximum absolute atomic E-state index is 12.0. The van der Waals surface area contributed by atoms with Crippen LogP contribution in [-0.4, -0.2) is 50.0 Å². The molecule has 26 heavy (non-hydrogen) atoms. The lowest BCUT2D eigenvalue weighted by Gasteiger charge is -2.31. The number of piperidine rings is 1. The number of nitrogens with one attached hydrogen (secondary N) is 1. The fourth-order valence-electron chi connectivity index (χ4n) is 3.06. The summed E-state index contributed by atoms with van der Waals surface area (Å²) in [6.07, 6.45) is 5.96. The summed E-state index contributed by atoms with van der Waals surface area (Å²) >= 11 is 3.41. The highest BCUT2D eigenvalue weighted by Crippen LogP contribution is 2.24. The van der Waals surface area contributed by atoms with Gasteiger partial charge in [-0.3, -0.25) is 9.59 Å². The Balaban J connectivity index is 1.72. The molecular weight excluding hydrogens is 398 g/mol. The van der Waals surface area contributed by atoms with E-state index in [2.05, 4.69) is 26.1 Å². The lowest BCUT2D eigenvalue weighted by atomic mass is 9.97. The Morgan fingerprint density at radius 2 is 2.27 bits per heavy atom. The second kappa shape index (κ2) is 10.3. The van der Waals surface area contributed by atoms with Crippen molar-refractivity contribution < 1.29 is 14.3 Å². The molecule has 0 radical (unpaired) electrons. The molecule has 0 aliphatic carbocycles. The summed E-state index contributed by atoms with van der Waals surface area (Å²) in [4.78, 5) is 25.5. The zero-order valence-corrected chi connectivity index (χ0v) is 16.6. The predicted molar refractivity (Wildman–Crippen MR) is 106 cm³/mol. The van der Waals surface area contributed by atoms with Crippen LogP contribution in [0.1, 0.15) is 24.8 Å². The van der Waals surface area contributed by atoms with E-state index in [1.54, 1.807) is 13.2 Å². The Kier molecular flexibility index (Phi) is 8.12. The van der Waals surface area contributed by atoms with Gasteiger partial charge in [0.15, 0.2) is 0 Å². The average Bonchev–Trinajstić information content (AvgIpc) is 2.64. The summed E-state index contributed by atoms with van der Waals surface area (Å²) in [5.41, 5.74) is 6.23. The number of carbonyl (C=O) groups is 2. The van der Waals surface area contributed by atoms with Crippen LogP contribution >= 0.6 is 15.9 Å². The van der Waals surface area contributed by atoms with E-state index >= 15 is 0 Å². The molecule has 142 valence electrons. The van der Waals surface area contributed by atoms with Gasteiger partial charge in [-0.05, 0) is 56.6 Å². The lowest BCUT2D eigenvalue weighted by Crippen LogP contribution is -2.42. The molecule has 1 unspecified atom stereocenters. The van der Waals surface area contributed by atoms with E-state index in [0.29, 0.717) is 12.3 Å². The second-order valence-electron chi connectivity index (χ2n) is 6.41. The number of halogens is 1. The summed E-state index contributed by atoms with van der Waals surface area (Å²) in [6.45, 7) is 3.16. The van der Waals surface area contributed by atoms with Crippen molar-refractivity contribution >= 4 is 33.8 Å². The predicted octanol–water partition coefficient (Wildman–Crippen LogP) is 2.17. The molecule has 7 heteroatoms. The third-order valence-corrected chi connectivity index (χ3v) is 4.96. The van der Waals surface area contributed by atoms with Gasteiger partial charge in [0.05, 0.1) is 13.0 Å². The summed E-state index contributed by atoms with van der Waals surface area (Å²) < 4.78 is 6.21. The molecule has 6 nitrogen and oxygen atoms in total. The van der Waals surface area contributed by atoms with E-state index in [9.17, 15) is 9.59 Å². The first kappa shape index (κ1) is 20.5. The minimum Gasteiger partial charge on any atom is -0.496 e. The number of primary amides is 1. The molecule has 1 atom stereocenters. The Morgan fingerprint density at radius 1 is 1.46 bits per heavy atom. The van der Waals surface area contributed by atoms with Gasteiger partial charge in [-0.2, -0.15) is 0 Å². The summed E-state index contributed by atoms with van der Waals surface area (Å²) in [6, 6.07) is 5.63. The molecule has 1 fully saturated rings. The number of hydrogen-bond donors (Lipinski definition) is 2. The molecular formula is C19H26BrN3O3. The first-order valence-electron chi connectivity index (χ1n) is 8.80. The first-order chi connectivity index (χ1) is 12.5. The molecule has 0 bridgehead atoms. The largest absolute Gasteiger partial charge is 0.496 e. The van der Waals surface area contributed by atoms with Crippen molar-refractivity contribution in [3.05, 3.63) is 34.3 Å². The monoisotopic (exact) mass is 423 g/mol. The van der Waals surface area contributed by atoms with Crippen LogP contribution in [-0.2, 0) is 9.59 Å². The molecule has 2 rings (SSSR count). The summed E-state index contributed by atoms with van der Waals surface area (Å²) in [5, 5.41) is 2.88. The van der Waals surface area contributed by atoms with Crippen LogP contribution in [0.5, 0.6) is 5.75 Å². The van der Waals surface area contributed by atoms with E-state index in [0.717, 1.165) is 48.9 Å². The highest BCUT2D eigenvalue weighted by molar-refractivity contribution is 9.10. The van der Waals surface area contributed by atoms with Crippen LogP contribution in [0.15, 0.2) is 28.7 Å². The number of amides is 2. The zero-order valence-electron chi connectivity index (χ0n) is 15.0. The van der Waals surface area contributed by atoms with Gasteiger partial charge < -0.3 is 20.7 Å². The topological polar surface area (TPSA) is 84.7 Å². The van der Waals surface area contributed by atoms with Crippen molar-refractivity contribution in [1.29, 1.82) is 0 Å². The van der Waals surface area contributed by atoms with E-state index in [1.165, 1.54) is 6.08 Å². The molecule has 1 aliphatic heterocycles. The van der Waals surface area contributed by atoms with Crippen molar-refractivity contribution in [2.75, 3.05) is 33.3 Å². The van der Waals surface area contributed by atoms with Crippen molar-refractivity contribution in [1.82, 2.24) is 10.2 Å². The molecule has 1 saturated heterocycles. The van der Waals surface area contributed by atoms with Gasteiger partial charge in [-0.25, -0.2) is 0 Å². The van der Waals surface area contributed by atoms with E-state index < -0.39 is 0 Å². The quantitative estimate of drug-likeness (QED) is 0.495. The summed E-state index contributed by atoms with van der Waals surface area (Å²) in [5.74, 6) is 0.324. The number of rotatable bonds is 8. The smallest absolute Gasteiger partial charge is 0.244 e. The lowest BCUT2D eigenvalue weighted by molar-refractivity contribution is -0.123. The minimum absolute atomic E-state index is 0.0403. The Hall–Kier alpha value is -1.86. The van der Waals surface area contributed by atoms with Crippen LogP contribution in [0.3, 0.4) is 0 Å². The Labute approximate surface area is 162 Å². The Morgan fingerprint density at radius 3 is 3.00 bits per heavy atom. The van der Waals surface area contributed by atoms with E-state index in [4.69, 9.17) is 10.5 Å². The third kappa shape index (κ3) is 6.46. The number of methoxy groups -OCH3 is 1. The molecule has 0 saturated carbocycles. The molecule has 1 aromatic rings. The number of ether oxygens (including phenoxy) is 1. The molecule has 0 spiro atoms. The van der Waals surface area contributed by atoms with Gasteiger partial charge in [-0.1, -0.05) is 15.9 Å². The number of hydrogen-bond acceptors (Lipinski definition) is 4. The molecule has 0 aromatic heterocycles. The fraction of sp³-hybridized carbons (Fsp3) is 0.474. The van der Waals surface area contributed by atoms with Gasteiger partial charge >= 0.3 is 0 Å². The molecule has 1 aliphatic rings. The number of benzene rings is 1. The van der Waals surface area contributed by atoms with Crippen molar-refractivity contribution in [2.45, 2.75) is 19.3 Å². The highest BCUT2D eigenvalue weighted by Gasteiger charge is 2.23. The average molecular weight is 424 g/mol. The van der Waals surface area contributed by atoms with E-state index in [-0.39, 0.29) is 17.7 Å². The third-order valence-electron chi connectivity index (χ3n) is 4.46. The molecule has 3 N–H and O–H groups in total. The SMILES string of the molecule is COc1ccc(Br)cc1/C=C/C(=O)NCCCN1CCCC(C(N)=O)C1. The van der Waals surface area contributed by atoms with Gasteiger partial charge in [0.25, 0.3) is 0 Å². The van der Waals surface area contributed by atoms with Gasteiger partial charge in [0, 0.05) is 29.2 Å². The van der Waals surface area contributed by atoms with Crippen molar-refractivity contribution in [2.24, 2.45) is 11.7 Å². The maximum Gasteiger partial charge on any atom is 0.244 e. The van der Waals surface area contributed by atoms with Gasteiger partial charge in [0.1, 0.15) is 5.75 Å². The maximum atomic E-state index is 12.0. The standard InChI is InChI=1S/C19H26BrN3O3/c1-26-17-7-6-16(20)12-14(17)5-8-18(24)22-9-3-11-23-10-2-4-15(13-23)19(21)25/h5-8,12,15H,2-4,9-11,13H2,1H3,(H2,21,25)(H,22,24)/b8-5+. The molecule has 1 aromatic carbocycles. The second-order valence-corrected chi connectivity index (χ2v) is 7.32. The van der Waals surface area contributed by atoms with Gasteiger partial charge in [-0.15, -0.1) is 0 Å². The van der Waals surface area contributed by atoms with Crippen LogP contribution in [0.4, 0.5) is 0 Å². The minimum atomic E-state index is -0.212. The summed E-state index contributed by atoms with van der Waals surface area (Å²) in [7, 11) is 1.60. The van der Waals surface area contributed by atoms with Gasteiger partial charge in [0.2, 0.25) is 11.8 Å². The highest BCUT2D eigenvalue weighted by atomic mass is 79.9. The van der Waals surface area contributed by atoms with Crippen molar-refractivity contribution in [3.63, 3.8) is 0 Å². The van der Waals surface area contributed by atoms with E-state index in [1.807, 2.05) is 18.2 Å². The number of nitrogens with zero attached hydrogens (tertiary/aromatic N) is 1. The number of carbonyl (C=O) groups excluding carboxylic acids is 2. The van der Waals surface area contributed by atoms with Crippen LogP contribution in [0.25, 0.3) is 6.08 Å². The first-order valence-corrected chi connectivity index (χ1v) is 9.60. The van der Waals surface area contributed by atoms with Crippen LogP contribution < -0.4 is 15.8 Å². The number of likely N-dealkylation sites (tertiary alicyclic amines) is 1. The molecule has 2 amide bonds. The van der Waals surface area contributed by atoms with Crippen LogP contribution in [0.2, 0.25) is 0 Å².